The fraction of sp³-hybridized carbons (Fsp3) is 0.154. The summed E-state index contributed by atoms with van der Waals surface area (Å²) in [5, 5.41) is -0.115. The monoisotopic (exact) mass is 279 g/mol. The van der Waals surface area contributed by atoms with Crippen molar-refractivity contribution in [3.63, 3.8) is 0 Å². The number of benzene rings is 1. The van der Waals surface area contributed by atoms with Gasteiger partial charge in [-0.05, 0) is 18.2 Å². The molecule has 5 nitrogen and oxygen atoms in total. The lowest BCUT2D eigenvalue weighted by atomic mass is 9.94. The smallest absolute Gasteiger partial charge is 0.410 e. The van der Waals surface area contributed by atoms with E-state index < -0.39 is 11.9 Å². The highest BCUT2D eigenvalue weighted by Gasteiger charge is 2.25. The summed E-state index contributed by atoms with van der Waals surface area (Å²) in [6.45, 7) is 0. The van der Waals surface area contributed by atoms with Crippen molar-refractivity contribution in [3.05, 3.63) is 40.4 Å². The molecule has 0 unspecified atom stereocenters. The van der Waals surface area contributed by atoms with Crippen molar-refractivity contribution in [2.45, 2.75) is 0 Å². The summed E-state index contributed by atoms with van der Waals surface area (Å²) in [7, 11) is 3.08. The summed E-state index contributed by atoms with van der Waals surface area (Å²) in [5.74, 6) is -0.603. The normalized spacial score (nSPS) is 13.7. The number of hydrogen-bond acceptors (Lipinski definition) is 4. The molecule has 0 saturated carbocycles. The number of halogens is 1. The second-order valence-electron chi connectivity index (χ2n) is 4.16. The molecule has 2 rings (SSSR count). The van der Waals surface area contributed by atoms with Crippen LogP contribution in [0.3, 0.4) is 0 Å². The van der Waals surface area contributed by atoms with Crippen molar-refractivity contribution in [1.82, 2.24) is 4.90 Å². The van der Waals surface area contributed by atoms with Crippen molar-refractivity contribution < 1.29 is 19.1 Å². The Kier molecular flexibility index (Phi) is 3.40. The van der Waals surface area contributed by atoms with Crippen molar-refractivity contribution in [1.29, 1.82) is 0 Å². The van der Waals surface area contributed by atoms with Gasteiger partial charge in [0.15, 0.2) is 5.78 Å². The van der Waals surface area contributed by atoms with Crippen LogP contribution >= 0.6 is 11.6 Å². The minimum atomic E-state index is -0.567. The number of nitrogens with zero attached hydrogens (tertiary/aromatic N) is 1. The Bertz CT molecular complexity index is 619. The van der Waals surface area contributed by atoms with Gasteiger partial charge >= 0.3 is 6.09 Å². The molecule has 0 aliphatic heterocycles. The van der Waals surface area contributed by atoms with Gasteiger partial charge in [-0.1, -0.05) is 11.6 Å². The number of rotatable bonds is 1. The van der Waals surface area contributed by atoms with Gasteiger partial charge in [0.05, 0.1) is 5.03 Å². The molecule has 0 radical (unpaired) electrons. The Labute approximate surface area is 114 Å². The van der Waals surface area contributed by atoms with Crippen LogP contribution < -0.4 is 4.74 Å². The van der Waals surface area contributed by atoms with Crippen LogP contribution in [0.15, 0.2) is 29.3 Å². The predicted octanol–water partition coefficient (Wildman–Crippen LogP) is 2.25. The Morgan fingerprint density at radius 2 is 1.89 bits per heavy atom. The van der Waals surface area contributed by atoms with E-state index in [-0.39, 0.29) is 27.7 Å². The number of hydrogen-bond donors (Lipinski definition) is 0. The molecule has 1 aromatic carbocycles. The van der Waals surface area contributed by atoms with E-state index in [0.717, 1.165) is 6.08 Å². The van der Waals surface area contributed by atoms with E-state index in [1.807, 2.05) is 0 Å². The molecule has 0 N–H and O–H groups in total. The fourth-order valence-corrected chi connectivity index (χ4v) is 1.77. The predicted molar refractivity (Wildman–Crippen MR) is 68.8 cm³/mol. The molecule has 0 saturated heterocycles. The SMILES string of the molecule is CN(C)C(=O)Oc1ccc2c(c1)C(=O)C=C(Cl)C2=O. The molecule has 1 amide bonds. The third-order valence-electron chi connectivity index (χ3n) is 2.55. The van der Waals surface area contributed by atoms with Gasteiger partial charge in [0.25, 0.3) is 0 Å². The summed E-state index contributed by atoms with van der Waals surface area (Å²) in [6, 6.07) is 4.22. The number of amides is 1. The summed E-state index contributed by atoms with van der Waals surface area (Å²) in [5.41, 5.74) is 0.389. The largest absolute Gasteiger partial charge is 0.414 e. The van der Waals surface area contributed by atoms with E-state index in [0.29, 0.717) is 0 Å². The standard InChI is InChI=1S/C13H10ClNO4/c1-15(2)13(18)19-7-3-4-8-9(5-7)11(16)6-10(14)12(8)17/h3-6H,1-2H3. The first-order chi connectivity index (χ1) is 8.90. The molecule has 0 heterocycles. The molecule has 0 spiro atoms. The Hall–Kier alpha value is -2.14. The second-order valence-corrected chi connectivity index (χ2v) is 4.56. The van der Waals surface area contributed by atoms with Crippen LogP contribution in [0.1, 0.15) is 20.7 Å². The van der Waals surface area contributed by atoms with Gasteiger partial charge < -0.3 is 9.64 Å². The maximum Gasteiger partial charge on any atom is 0.414 e. The van der Waals surface area contributed by atoms with E-state index in [2.05, 4.69) is 0 Å². The molecule has 98 valence electrons. The second kappa shape index (κ2) is 4.85. The van der Waals surface area contributed by atoms with Crippen molar-refractivity contribution >= 4 is 29.3 Å². The van der Waals surface area contributed by atoms with E-state index in [9.17, 15) is 14.4 Å². The number of fused-ring (bicyclic) bond motifs is 1. The van der Waals surface area contributed by atoms with Gasteiger partial charge in [0.1, 0.15) is 5.75 Å². The molecular formula is C13H10ClNO4. The third kappa shape index (κ3) is 2.51. The van der Waals surface area contributed by atoms with Crippen LogP contribution in [-0.4, -0.2) is 36.7 Å². The minimum Gasteiger partial charge on any atom is -0.410 e. The quantitative estimate of drug-likeness (QED) is 0.791. The Morgan fingerprint density at radius 1 is 1.21 bits per heavy atom. The van der Waals surface area contributed by atoms with Crippen LogP contribution in [0.4, 0.5) is 4.79 Å². The molecule has 19 heavy (non-hydrogen) atoms. The van der Waals surface area contributed by atoms with Crippen LogP contribution in [0.25, 0.3) is 0 Å². The fourth-order valence-electron chi connectivity index (χ4n) is 1.57. The number of ether oxygens (including phenoxy) is 1. The Balaban J connectivity index is 2.37. The van der Waals surface area contributed by atoms with Gasteiger partial charge in [-0.3, -0.25) is 9.59 Å². The number of carbonyl (C=O) groups excluding carboxylic acids is 3. The molecule has 1 aliphatic carbocycles. The molecule has 0 fully saturated rings. The zero-order valence-electron chi connectivity index (χ0n) is 10.3. The highest BCUT2D eigenvalue weighted by Crippen LogP contribution is 2.27. The average Bonchev–Trinajstić information content (AvgIpc) is 2.36. The van der Waals surface area contributed by atoms with Crippen LogP contribution in [0, 0.1) is 0 Å². The van der Waals surface area contributed by atoms with Gasteiger partial charge in [-0.15, -0.1) is 0 Å². The van der Waals surface area contributed by atoms with Gasteiger partial charge in [-0.25, -0.2) is 4.79 Å². The summed E-state index contributed by atoms with van der Waals surface area (Å²) in [6.07, 6.45) is 0.493. The van der Waals surface area contributed by atoms with E-state index in [4.69, 9.17) is 16.3 Å². The first-order valence-corrected chi connectivity index (χ1v) is 5.77. The topological polar surface area (TPSA) is 63.7 Å². The van der Waals surface area contributed by atoms with Gasteiger partial charge in [0, 0.05) is 31.3 Å². The van der Waals surface area contributed by atoms with Crippen molar-refractivity contribution in [2.24, 2.45) is 0 Å². The molecule has 1 aliphatic rings. The first kappa shape index (κ1) is 13.3. The van der Waals surface area contributed by atoms with Crippen molar-refractivity contribution in [2.75, 3.05) is 14.1 Å². The van der Waals surface area contributed by atoms with Gasteiger partial charge in [-0.2, -0.15) is 0 Å². The first-order valence-electron chi connectivity index (χ1n) is 5.39. The molecule has 0 atom stereocenters. The molecule has 1 aromatic rings. The zero-order valence-corrected chi connectivity index (χ0v) is 11.0. The maximum absolute atomic E-state index is 11.7. The number of Topliss-reactive ketones (excluding diaryl/α,β-unsaturated/α-hetero) is 1. The summed E-state index contributed by atoms with van der Waals surface area (Å²) >= 11 is 5.65. The average molecular weight is 280 g/mol. The van der Waals surface area contributed by atoms with Gasteiger partial charge in [0.2, 0.25) is 5.78 Å². The maximum atomic E-state index is 11.7. The summed E-state index contributed by atoms with van der Waals surface area (Å²) in [4.78, 5) is 36.1. The lowest BCUT2D eigenvalue weighted by molar-refractivity contribution is 0.0990. The van der Waals surface area contributed by atoms with E-state index in [1.54, 1.807) is 0 Å². The highest BCUT2D eigenvalue weighted by atomic mass is 35.5. The lowest BCUT2D eigenvalue weighted by Gasteiger charge is -2.14. The van der Waals surface area contributed by atoms with Crippen LogP contribution in [0.2, 0.25) is 0 Å². The number of allylic oxidation sites excluding steroid dienone is 2. The van der Waals surface area contributed by atoms with Crippen LogP contribution in [-0.2, 0) is 0 Å². The minimum absolute atomic E-state index is 0.115. The molecule has 6 heteroatoms. The van der Waals surface area contributed by atoms with Crippen LogP contribution in [0.5, 0.6) is 5.75 Å². The highest BCUT2D eigenvalue weighted by molar-refractivity contribution is 6.49. The summed E-state index contributed by atoms with van der Waals surface area (Å²) < 4.78 is 5.02. The Morgan fingerprint density at radius 3 is 2.53 bits per heavy atom. The lowest BCUT2D eigenvalue weighted by Crippen LogP contribution is -2.25. The number of carbonyl (C=O) groups is 3. The van der Waals surface area contributed by atoms with E-state index >= 15 is 0 Å². The zero-order chi connectivity index (χ0) is 14.2. The molecule has 0 aromatic heterocycles. The van der Waals surface area contributed by atoms with E-state index in [1.165, 1.54) is 37.2 Å². The molecule has 0 bridgehead atoms. The molecular weight excluding hydrogens is 270 g/mol. The number of ketones is 2. The third-order valence-corrected chi connectivity index (χ3v) is 2.83. The van der Waals surface area contributed by atoms with Crippen molar-refractivity contribution in [3.8, 4) is 5.75 Å².